The number of morpholine rings is 1. The van der Waals surface area contributed by atoms with Crippen molar-refractivity contribution in [1.82, 2.24) is 4.98 Å². The summed E-state index contributed by atoms with van der Waals surface area (Å²) in [6, 6.07) is 4.23. The van der Waals surface area contributed by atoms with Crippen LogP contribution in [-0.2, 0) is 11.3 Å². The van der Waals surface area contributed by atoms with E-state index in [4.69, 9.17) is 15.6 Å². The van der Waals surface area contributed by atoms with E-state index in [1.54, 1.807) is 6.20 Å². The Kier molecular flexibility index (Phi) is 3.93. The van der Waals surface area contributed by atoms with Crippen LogP contribution in [0.3, 0.4) is 0 Å². The first-order valence-corrected chi connectivity index (χ1v) is 5.88. The average Bonchev–Trinajstić information content (AvgIpc) is 2.39. The van der Waals surface area contributed by atoms with Crippen LogP contribution in [0, 0.1) is 0 Å². The zero-order valence-electron chi connectivity index (χ0n) is 10.0. The third-order valence-corrected chi connectivity index (χ3v) is 3.05. The number of nitrogens with two attached hydrogens (primary N) is 1. The lowest BCUT2D eigenvalue weighted by molar-refractivity contribution is -0.0105. The monoisotopic (exact) mass is 237 g/mol. The topological polar surface area (TPSA) is 71.6 Å². The van der Waals surface area contributed by atoms with Gasteiger partial charge in [0.25, 0.3) is 0 Å². The maximum absolute atomic E-state index is 9.14. The van der Waals surface area contributed by atoms with Crippen molar-refractivity contribution in [3.05, 3.63) is 23.9 Å². The Morgan fingerprint density at radius 2 is 2.41 bits per heavy atom. The van der Waals surface area contributed by atoms with Crippen LogP contribution in [0.15, 0.2) is 18.3 Å². The summed E-state index contributed by atoms with van der Waals surface area (Å²) in [5.41, 5.74) is 6.56. The third kappa shape index (κ3) is 2.74. The normalized spacial score (nSPS) is 25.0. The molecule has 1 aliphatic heterocycles. The summed E-state index contributed by atoms with van der Waals surface area (Å²) in [5.74, 6) is 0.913. The Balaban J connectivity index is 2.12. The molecular formula is C12H19N3O2. The molecule has 2 unspecified atom stereocenters. The summed E-state index contributed by atoms with van der Waals surface area (Å²) < 4.78 is 5.50. The molecule has 1 saturated heterocycles. The lowest BCUT2D eigenvalue weighted by Crippen LogP contribution is -2.49. The molecule has 0 spiro atoms. The highest BCUT2D eigenvalue weighted by Gasteiger charge is 2.26. The summed E-state index contributed by atoms with van der Waals surface area (Å²) in [5, 5.41) is 9.14. The molecule has 5 nitrogen and oxygen atoms in total. The largest absolute Gasteiger partial charge is 0.394 e. The number of rotatable bonds is 3. The molecule has 3 N–H and O–H groups in total. The highest BCUT2D eigenvalue weighted by Crippen LogP contribution is 2.19. The first kappa shape index (κ1) is 12.3. The van der Waals surface area contributed by atoms with Gasteiger partial charge in [-0.25, -0.2) is 4.98 Å². The molecule has 1 aromatic heterocycles. The van der Waals surface area contributed by atoms with Crippen LogP contribution in [0.5, 0.6) is 0 Å². The van der Waals surface area contributed by atoms with Gasteiger partial charge in [-0.1, -0.05) is 6.07 Å². The number of aliphatic hydroxyl groups excluding tert-OH is 1. The Morgan fingerprint density at radius 1 is 1.59 bits per heavy atom. The Hall–Kier alpha value is -1.17. The Labute approximate surface area is 101 Å². The zero-order chi connectivity index (χ0) is 12.3. The molecule has 2 rings (SSSR count). The highest BCUT2D eigenvalue weighted by molar-refractivity contribution is 5.41. The van der Waals surface area contributed by atoms with Crippen molar-refractivity contribution in [2.24, 2.45) is 5.73 Å². The van der Waals surface area contributed by atoms with E-state index in [1.807, 2.05) is 12.1 Å². The molecule has 1 fully saturated rings. The van der Waals surface area contributed by atoms with Crippen molar-refractivity contribution in [3.8, 4) is 0 Å². The lowest BCUT2D eigenvalue weighted by atomic mass is 10.2. The number of hydrogen-bond donors (Lipinski definition) is 2. The first-order valence-electron chi connectivity index (χ1n) is 5.88. The molecular weight excluding hydrogens is 218 g/mol. The molecule has 0 radical (unpaired) electrons. The third-order valence-electron chi connectivity index (χ3n) is 3.05. The van der Waals surface area contributed by atoms with Crippen molar-refractivity contribution in [2.45, 2.75) is 25.6 Å². The van der Waals surface area contributed by atoms with E-state index >= 15 is 0 Å². The van der Waals surface area contributed by atoms with Gasteiger partial charge in [0.2, 0.25) is 0 Å². The summed E-state index contributed by atoms with van der Waals surface area (Å²) in [6.07, 6.45) is 1.67. The van der Waals surface area contributed by atoms with Crippen molar-refractivity contribution in [1.29, 1.82) is 0 Å². The van der Waals surface area contributed by atoms with Gasteiger partial charge in [0.15, 0.2) is 0 Å². The Morgan fingerprint density at radius 3 is 3.00 bits per heavy atom. The number of nitrogens with zero attached hydrogens (tertiary/aromatic N) is 2. The quantitative estimate of drug-likeness (QED) is 0.781. The van der Waals surface area contributed by atoms with Gasteiger partial charge in [0.05, 0.1) is 25.4 Å². The SMILES string of the molecule is CC1COC(CO)CN1c1ccc(CN)cn1. The van der Waals surface area contributed by atoms with Crippen LogP contribution in [0.2, 0.25) is 0 Å². The fourth-order valence-electron chi connectivity index (χ4n) is 1.95. The summed E-state index contributed by atoms with van der Waals surface area (Å²) in [4.78, 5) is 6.56. The summed E-state index contributed by atoms with van der Waals surface area (Å²) >= 11 is 0. The van der Waals surface area contributed by atoms with Gasteiger partial charge < -0.3 is 20.5 Å². The molecule has 5 heteroatoms. The number of aliphatic hydroxyl groups is 1. The van der Waals surface area contributed by atoms with Crippen LogP contribution in [0.1, 0.15) is 12.5 Å². The molecule has 0 bridgehead atoms. The number of ether oxygens (including phenoxy) is 1. The highest BCUT2D eigenvalue weighted by atomic mass is 16.5. The van der Waals surface area contributed by atoms with Gasteiger partial charge in [-0.05, 0) is 18.6 Å². The first-order chi connectivity index (χ1) is 8.24. The van der Waals surface area contributed by atoms with E-state index in [2.05, 4.69) is 16.8 Å². The van der Waals surface area contributed by atoms with Gasteiger partial charge in [-0.3, -0.25) is 0 Å². The molecule has 0 amide bonds. The molecule has 17 heavy (non-hydrogen) atoms. The minimum Gasteiger partial charge on any atom is -0.394 e. The van der Waals surface area contributed by atoms with Crippen LogP contribution < -0.4 is 10.6 Å². The molecule has 94 valence electrons. The second-order valence-corrected chi connectivity index (χ2v) is 4.37. The standard InChI is InChI=1S/C12H19N3O2/c1-9-8-17-11(7-16)6-15(9)12-3-2-10(4-13)5-14-12/h2-3,5,9,11,16H,4,6-8,13H2,1H3. The predicted octanol–water partition coefficient (Wildman–Crippen LogP) is 0.126. The lowest BCUT2D eigenvalue weighted by Gasteiger charge is -2.38. The molecule has 1 aromatic rings. The van der Waals surface area contributed by atoms with Gasteiger partial charge in [-0.2, -0.15) is 0 Å². The van der Waals surface area contributed by atoms with Crippen molar-refractivity contribution in [2.75, 3.05) is 24.7 Å². The minimum absolute atomic E-state index is 0.0457. The van der Waals surface area contributed by atoms with Crippen LogP contribution >= 0.6 is 0 Å². The molecule has 0 aromatic carbocycles. The van der Waals surface area contributed by atoms with Gasteiger partial charge in [0.1, 0.15) is 5.82 Å². The summed E-state index contributed by atoms with van der Waals surface area (Å²) in [6.45, 7) is 3.93. The van der Waals surface area contributed by atoms with Crippen LogP contribution in [0.4, 0.5) is 5.82 Å². The second kappa shape index (κ2) is 5.44. The van der Waals surface area contributed by atoms with E-state index in [1.165, 1.54) is 0 Å². The smallest absolute Gasteiger partial charge is 0.128 e. The Bertz CT molecular complexity index is 355. The van der Waals surface area contributed by atoms with E-state index in [0.717, 1.165) is 11.4 Å². The van der Waals surface area contributed by atoms with Gasteiger partial charge in [0, 0.05) is 19.3 Å². The van der Waals surface area contributed by atoms with E-state index < -0.39 is 0 Å². The van der Waals surface area contributed by atoms with E-state index in [0.29, 0.717) is 19.7 Å². The van der Waals surface area contributed by atoms with E-state index in [9.17, 15) is 0 Å². The number of aromatic nitrogens is 1. The predicted molar refractivity (Wildman–Crippen MR) is 65.8 cm³/mol. The molecule has 1 aliphatic rings. The molecule has 2 heterocycles. The number of anilines is 1. The van der Waals surface area contributed by atoms with Crippen LogP contribution in [0.25, 0.3) is 0 Å². The second-order valence-electron chi connectivity index (χ2n) is 4.37. The number of hydrogen-bond acceptors (Lipinski definition) is 5. The minimum atomic E-state index is -0.123. The maximum Gasteiger partial charge on any atom is 0.128 e. The van der Waals surface area contributed by atoms with Crippen LogP contribution in [-0.4, -0.2) is 42.0 Å². The molecule has 0 aliphatic carbocycles. The fourth-order valence-corrected chi connectivity index (χ4v) is 1.95. The maximum atomic E-state index is 9.14. The average molecular weight is 237 g/mol. The summed E-state index contributed by atoms with van der Waals surface area (Å²) in [7, 11) is 0. The molecule has 0 saturated carbocycles. The fraction of sp³-hybridized carbons (Fsp3) is 0.583. The van der Waals surface area contributed by atoms with Gasteiger partial charge >= 0.3 is 0 Å². The van der Waals surface area contributed by atoms with Crippen molar-refractivity contribution in [3.63, 3.8) is 0 Å². The zero-order valence-corrected chi connectivity index (χ0v) is 10.0. The number of pyridine rings is 1. The van der Waals surface area contributed by atoms with Crippen molar-refractivity contribution < 1.29 is 9.84 Å². The van der Waals surface area contributed by atoms with Gasteiger partial charge in [-0.15, -0.1) is 0 Å². The molecule has 2 atom stereocenters. The van der Waals surface area contributed by atoms with E-state index in [-0.39, 0.29) is 18.8 Å². The van der Waals surface area contributed by atoms with Crippen molar-refractivity contribution >= 4 is 5.82 Å².